The number of nitrogens with one attached hydrogen (secondary N) is 1. The Bertz CT molecular complexity index is 1450. The molecule has 8 heteroatoms. The van der Waals surface area contributed by atoms with Crippen molar-refractivity contribution in [2.45, 2.75) is 59.2 Å². The first kappa shape index (κ1) is 26.7. The molecule has 0 aliphatic rings. The summed E-state index contributed by atoms with van der Waals surface area (Å²) in [6.45, 7) is 9.13. The zero-order valence-electron chi connectivity index (χ0n) is 22.4. The molecule has 1 N–H and O–H groups in total. The lowest BCUT2D eigenvalue weighted by Gasteiger charge is -2.34. The van der Waals surface area contributed by atoms with E-state index in [-0.39, 0.29) is 24.1 Å². The van der Waals surface area contributed by atoms with Gasteiger partial charge in [-0.05, 0) is 81.6 Å². The summed E-state index contributed by atoms with van der Waals surface area (Å²) < 4.78 is 1.54. The molecule has 4 aromatic rings. The lowest BCUT2D eigenvalue weighted by atomic mass is 9.98. The number of para-hydroxylation sites is 1. The SMILES string of the molecule is CCc1ccc([C@H](C(=O)NC(C)(C)C)N(C(=O)Cn2nnc3ccccc32)c2ccc(C(C)=O)cc2)cc1. The molecule has 1 heterocycles. The molecule has 0 bridgehead atoms. The number of fused-ring (bicyclic) bond motifs is 1. The van der Waals surface area contributed by atoms with Crippen LogP contribution < -0.4 is 10.2 Å². The fourth-order valence-electron chi connectivity index (χ4n) is 4.32. The number of ketones is 1. The molecule has 3 aromatic carbocycles. The number of Topliss-reactive ketones (excluding diaryl/α,β-unsaturated/α-hetero) is 1. The van der Waals surface area contributed by atoms with Crippen LogP contribution in [0.2, 0.25) is 0 Å². The second kappa shape index (κ2) is 11.0. The maximum atomic E-state index is 14.1. The van der Waals surface area contributed by atoms with E-state index in [1.807, 2.05) is 69.3 Å². The van der Waals surface area contributed by atoms with Gasteiger partial charge in [0.05, 0.1) is 5.52 Å². The quantitative estimate of drug-likeness (QED) is 0.340. The predicted molar refractivity (Wildman–Crippen MR) is 148 cm³/mol. The molecule has 0 fully saturated rings. The number of aromatic nitrogens is 3. The number of nitrogens with zero attached hydrogens (tertiary/aromatic N) is 4. The van der Waals surface area contributed by atoms with Crippen LogP contribution in [0.1, 0.15) is 62.1 Å². The monoisotopic (exact) mass is 511 g/mol. The maximum absolute atomic E-state index is 14.1. The summed E-state index contributed by atoms with van der Waals surface area (Å²) in [5, 5.41) is 11.4. The van der Waals surface area contributed by atoms with Crippen LogP contribution >= 0.6 is 0 Å². The number of hydrogen-bond donors (Lipinski definition) is 1. The Balaban J connectivity index is 1.83. The molecule has 0 aliphatic carbocycles. The Kier molecular flexibility index (Phi) is 7.71. The highest BCUT2D eigenvalue weighted by Crippen LogP contribution is 2.30. The molecule has 0 radical (unpaired) electrons. The third-order valence-electron chi connectivity index (χ3n) is 6.23. The van der Waals surface area contributed by atoms with E-state index in [2.05, 4.69) is 22.6 Å². The van der Waals surface area contributed by atoms with Crippen LogP contribution in [0.5, 0.6) is 0 Å². The number of hydrogen-bond acceptors (Lipinski definition) is 5. The molecule has 0 saturated carbocycles. The van der Waals surface area contributed by atoms with E-state index < -0.39 is 11.6 Å². The summed E-state index contributed by atoms with van der Waals surface area (Å²) in [6, 6.07) is 20.9. The first-order valence-electron chi connectivity index (χ1n) is 12.7. The summed E-state index contributed by atoms with van der Waals surface area (Å²) in [7, 11) is 0. The van der Waals surface area contributed by atoms with E-state index in [1.165, 1.54) is 16.5 Å². The molecular formula is C30H33N5O3. The van der Waals surface area contributed by atoms with E-state index >= 15 is 0 Å². The third-order valence-corrected chi connectivity index (χ3v) is 6.23. The normalized spacial score (nSPS) is 12.2. The zero-order chi connectivity index (χ0) is 27.4. The average Bonchev–Trinajstić information content (AvgIpc) is 3.29. The van der Waals surface area contributed by atoms with Crippen molar-refractivity contribution in [3.8, 4) is 0 Å². The number of rotatable bonds is 8. The van der Waals surface area contributed by atoms with Crippen molar-refractivity contribution in [3.63, 3.8) is 0 Å². The van der Waals surface area contributed by atoms with Gasteiger partial charge in [-0.1, -0.05) is 48.5 Å². The topological polar surface area (TPSA) is 97.2 Å². The Hall–Kier alpha value is -4.33. The summed E-state index contributed by atoms with van der Waals surface area (Å²) in [6.07, 6.45) is 0.855. The largest absolute Gasteiger partial charge is 0.349 e. The highest BCUT2D eigenvalue weighted by atomic mass is 16.2. The number of amides is 2. The fraction of sp³-hybridized carbons (Fsp3) is 0.300. The Morgan fingerprint density at radius 2 is 1.61 bits per heavy atom. The Morgan fingerprint density at radius 3 is 2.21 bits per heavy atom. The van der Waals surface area contributed by atoms with Gasteiger partial charge in [0.15, 0.2) is 5.78 Å². The van der Waals surface area contributed by atoms with E-state index in [0.717, 1.165) is 17.5 Å². The fourth-order valence-corrected chi connectivity index (χ4v) is 4.32. The predicted octanol–water partition coefficient (Wildman–Crippen LogP) is 4.89. The van der Waals surface area contributed by atoms with Gasteiger partial charge in [0.25, 0.3) is 0 Å². The molecule has 0 saturated heterocycles. The molecule has 0 unspecified atom stereocenters. The number of benzene rings is 3. The Labute approximate surface area is 222 Å². The first-order valence-corrected chi connectivity index (χ1v) is 12.7. The van der Waals surface area contributed by atoms with Gasteiger partial charge >= 0.3 is 0 Å². The van der Waals surface area contributed by atoms with Crippen LogP contribution in [0.3, 0.4) is 0 Å². The number of anilines is 1. The van der Waals surface area contributed by atoms with Crippen molar-refractivity contribution in [3.05, 3.63) is 89.5 Å². The van der Waals surface area contributed by atoms with E-state index in [1.54, 1.807) is 24.3 Å². The molecular weight excluding hydrogens is 478 g/mol. The lowest BCUT2D eigenvalue weighted by Crippen LogP contribution is -2.50. The minimum absolute atomic E-state index is 0.0827. The standard InChI is InChI=1S/C30H33N5O3/c1-6-21-11-13-23(14-12-21)28(29(38)31-30(3,4)5)35(24-17-15-22(16-18-24)20(2)36)27(37)19-34-26-10-8-7-9-25(26)32-33-34/h7-18,28H,6,19H2,1-5H3,(H,31,38)/t28-/m1/s1. The van der Waals surface area contributed by atoms with Crippen LogP contribution in [-0.4, -0.2) is 38.1 Å². The highest BCUT2D eigenvalue weighted by Gasteiger charge is 2.35. The van der Waals surface area contributed by atoms with Gasteiger partial charge in [-0.25, -0.2) is 4.68 Å². The Morgan fingerprint density at radius 1 is 0.947 bits per heavy atom. The molecule has 1 aromatic heterocycles. The maximum Gasteiger partial charge on any atom is 0.249 e. The van der Waals surface area contributed by atoms with Crippen molar-refractivity contribution in [2.75, 3.05) is 4.90 Å². The second-order valence-electron chi connectivity index (χ2n) is 10.3. The summed E-state index contributed by atoms with van der Waals surface area (Å²) in [5.74, 6) is -0.736. The van der Waals surface area contributed by atoms with Crippen LogP contribution in [0.25, 0.3) is 11.0 Å². The molecule has 0 aliphatic heterocycles. The third kappa shape index (κ3) is 5.96. The molecule has 196 valence electrons. The van der Waals surface area contributed by atoms with Gasteiger partial charge in [0, 0.05) is 16.8 Å². The van der Waals surface area contributed by atoms with Gasteiger partial charge in [-0.15, -0.1) is 5.10 Å². The zero-order valence-corrected chi connectivity index (χ0v) is 22.4. The van der Waals surface area contributed by atoms with Gasteiger partial charge in [0.1, 0.15) is 18.1 Å². The summed E-state index contributed by atoms with van der Waals surface area (Å²) in [5.41, 5.74) is 3.70. The molecule has 8 nitrogen and oxygen atoms in total. The van der Waals surface area contributed by atoms with Crippen molar-refractivity contribution < 1.29 is 14.4 Å². The minimum atomic E-state index is -0.953. The molecule has 4 rings (SSSR count). The first-order chi connectivity index (χ1) is 18.1. The molecule has 38 heavy (non-hydrogen) atoms. The second-order valence-corrected chi connectivity index (χ2v) is 10.3. The van der Waals surface area contributed by atoms with Crippen LogP contribution in [0.15, 0.2) is 72.8 Å². The van der Waals surface area contributed by atoms with Crippen molar-refractivity contribution in [2.24, 2.45) is 0 Å². The minimum Gasteiger partial charge on any atom is -0.349 e. The van der Waals surface area contributed by atoms with Crippen LogP contribution in [0, 0.1) is 0 Å². The smallest absolute Gasteiger partial charge is 0.249 e. The summed E-state index contributed by atoms with van der Waals surface area (Å²) >= 11 is 0. The molecule has 1 atom stereocenters. The number of carbonyl (C=O) groups excluding carboxylic acids is 3. The van der Waals surface area contributed by atoms with E-state index in [4.69, 9.17) is 0 Å². The molecule has 0 spiro atoms. The molecule has 2 amide bonds. The van der Waals surface area contributed by atoms with Crippen molar-refractivity contribution in [1.29, 1.82) is 0 Å². The van der Waals surface area contributed by atoms with E-state index in [9.17, 15) is 14.4 Å². The average molecular weight is 512 g/mol. The van der Waals surface area contributed by atoms with Crippen LogP contribution in [-0.2, 0) is 22.6 Å². The van der Waals surface area contributed by atoms with Gasteiger partial charge in [-0.2, -0.15) is 0 Å². The summed E-state index contributed by atoms with van der Waals surface area (Å²) in [4.78, 5) is 41.3. The number of aryl methyl sites for hydroxylation is 1. The highest BCUT2D eigenvalue weighted by molar-refractivity contribution is 6.02. The van der Waals surface area contributed by atoms with Crippen molar-refractivity contribution in [1.82, 2.24) is 20.3 Å². The van der Waals surface area contributed by atoms with E-state index in [0.29, 0.717) is 22.3 Å². The van der Waals surface area contributed by atoms with Gasteiger partial charge in [-0.3, -0.25) is 19.3 Å². The lowest BCUT2D eigenvalue weighted by molar-refractivity contribution is -0.128. The van der Waals surface area contributed by atoms with Crippen LogP contribution in [0.4, 0.5) is 5.69 Å². The number of carbonyl (C=O) groups is 3. The van der Waals surface area contributed by atoms with Crippen molar-refractivity contribution >= 4 is 34.3 Å². The van der Waals surface area contributed by atoms with Gasteiger partial charge in [0.2, 0.25) is 11.8 Å². The van der Waals surface area contributed by atoms with Gasteiger partial charge < -0.3 is 5.32 Å².